The van der Waals surface area contributed by atoms with E-state index in [2.05, 4.69) is 9.97 Å². The average molecular weight is 237 g/mol. The third kappa shape index (κ3) is 2.04. The van der Waals surface area contributed by atoms with Gasteiger partial charge in [0, 0.05) is 5.56 Å². The van der Waals surface area contributed by atoms with Gasteiger partial charge in [-0.15, -0.1) is 0 Å². The fraction of sp³-hybridized carbons (Fsp3) is 0.167. The van der Waals surface area contributed by atoms with E-state index < -0.39 is 5.82 Å². The lowest BCUT2D eigenvalue weighted by molar-refractivity contribution is 0.618. The van der Waals surface area contributed by atoms with Gasteiger partial charge in [-0.1, -0.05) is 28.8 Å². The van der Waals surface area contributed by atoms with E-state index in [1.165, 1.54) is 6.33 Å². The van der Waals surface area contributed by atoms with Crippen molar-refractivity contribution < 1.29 is 4.39 Å². The molecule has 4 heteroatoms. The molecule has 0 saturated carbocycles. The van der Waals surface area contributed by atoms with Crippen LogP contribution in [0.25, 0.3) is 11.3 Å². The fourth-order valence-corrected chi connectivity index (χ4v) is 1.79. The lowest BCUT2D eigenvalue weighted by Crippen LogP contribution is -1.93. The van der Waals surface area contributed by atoms with Gasteiger partial charge in [-0.25, -0.2) is 14.4 Å². The summed E-state index contributed by atoms with van der Waals surface area (Å²) in [6, 6.07) is 5.76. The summed E-state index contributed by atoms with van der Waals surface area (Å²) >= 11 is 5.62. The van der Waals surface area contributed by atoms with E-state index in [1.54, 1.807) is 0 Å². The molecule has 0 unspecified atom stereocenters. The Balaban J connectivity index is 2.63. The molecule has 2 nitrogen and oxygen atoms in total. The number of aryl methyl sites for hydroxylation is 2. The van der Waals surface area contributed by atoms with Gasteiger partial charge in [0.2, 0.25) is 0 Å². The van der Waals surface area contributed by atoms with Crippen LogP contribution in [0.3, 0.4) is 0 Å². The first-order valence-corrected chi connectivity index (χ1v) is 5.20. The van der Waals surface area contributed by atoms with Gasteiger partial charge in [0.1, 0.15) is 12.0 Å². The summed E-state index contributed by atoms with van der Waals surface area (Å²) < 4.78 is 13.7. The van der Waals surface area contributed by atoms with Crippen molar-refractivity contribution in [2.75, 3.05) is 0 Å². The molecule has 0 aliphatic carbocycles. The second-order valence-electron chi connectivity index (χ2n) is 3.70. The first-order valence-electron chi connectivity index (χ1n) is 4.82. The summed E-state index contributed by atoms with van der Waals surface area (Å²) in [7, 11) is 0. The van der Waals surface area contributed by atoms with Crippen LogP contribution in [0.5, 0.6) is 0 Å². The number of benzene rings is 1. The fourth-order valence-electron chi connectivity index (χ4n) is 1.66. The van der Waals surface area contributed by atoms with Crippen LogP contribution >= 0.6 is 11.6 Å². The number of aromatic nitrogens is 2. The highest BCUT2D eigenvalue weighted by Gasteiger charge is 2.11. The van der Waals surface area contributed by atoms with Crippen molar-refractivity contribution in [1.82, 2.24) is 9.97 Å². The highest BCUT2D eigenvalue weighted by molar-refractivity contribution is 6.29. The largest absolute Gasteiger partial charge is 0.233 e. The molecule has 0 bridgehead atoms. The SMILES string of the molecule is Cc1cc(C)cc(-c2ncnc(Cl)c2F)c1. The zero-order chi connectivity index (χ0) is 11.7. The van der Waals surface area contributed by atoms with Crippen molar-refractivity contribution in [1.29, 1.82) is 0 Å². The maximum absolute atomic E-state index is 13.7. The van der Waals surface area contributed by atoms with Crippen LogP contribution < -0.4 is 0 Å². The Bertz CT molecular complexity index is 520. The molecule has 82 valence electrons. The minimum atomic E-state index is -0.575. The Morgan fingerprint density at radius 1 is 1.06 bits per heavy atom. The number of rotatable bonds is 1. The standard InChI is InChI=1S/C12H10ClFN2/c1-7-3-8(2)5-9(4-7)11-10(14)12(13)16-6-15-11/h3-6H,1-2H3. The molecule has 0 radical (unpaired) electrons. The summed E-state index contributed by atoms with van der Waals surface area (Å²) in [5.74, 6) is -0.575. The molecular formula is C12H10ClFN2. The van der Waals surface area contributed by atoms with Crippen LogP contribution in [0.2, 0.25) is 5.15 Å². The van der Waals surface area contributed by atoms with Crippen LogP contribution in [0.4, 0.5) is 4.39 Å². The molecular weight excluding hydrogens is 227 g/mol. The zero-order valence-electron chi connectivity index (χ0n) is 8.96. The molecule has 0 fully saturated rings. The maximum atomic E-state index is 13.7. The van der Waals surface area contributed by atoms with Gasteiger partial charge >= 0.3 is 0 Å². The maximum Gasteiger partial charge on any atom is 0.186 e. The van der Waals surface area contributed by atoms with Crippen molar-refractivity contribution in [3.8, 4) is 11.3 Å². The summed E-state index contributed by atoms with van der Waals surface area (Å²) in [5, 5.41) is -0.149. The van der Waals surface area contributed by atoms with Crippen molar-refractivity contribution in [2.45, 2.75) is 13.8 Å². The third-order valence-electron chi connectivity index (χ3n) is 2.24. The van der Waals surface area contributed by atoms with Crippen molar-refractivity contribution >= 4 is 11.6 Å². The molecule has 0 saturated heterocycles. The molecule has 0 spiro atoms. The van der Waals surface area contributed by atoms with E-state index >= 15 is 0 Å². The Kier molecular flexibility index (Phi) is 2.88. The molecule has 2 aromatic rings. The van der Waals surface area contributed by atoms with E-state index in [4.69, 9.17) is 11.6 Å². The first kappa shape index (κ1) is 11.0. The second-order valence-corrected chi connectivity index (χ2v) is 4.06. The molecule has 0 aliphatic rings. The molecule has 1 aromatic carbocycles. The van der Waals surface area contributed by atoms with Gasteiger partial charge in [-0.3, -0.25) is 0 Å². The van der Waals surface area contributed by atoms with E-state index in [9.17, 15) is 4.39 Å². The van der Waals surface area contributed by atoms with Gasteiger partial charge in [-0.2, -0.15) is 0 Å². The minimum Gasteiger partial charge on any atom is -0.233 e. The van der Waals surface area contributed by atoms with Gasteiger partial charge in [0.05, 0.1) is 0 Å². The molecule has 1 heterocycles. The van der Waals surface area contributed by atoms with Crippen LogP contribution in [-0.4, -0.2) is 9.97 Å². The highest BCUT2D eigenvalue weighted by Crippen LogP contribution is 2.25. The predicted molar refractivity (Wildman–Crippen MR) is 61.9 cm³/mol. The number of hydrogen-bond donors (Lipinski definition) is 0. The topological polar surface area (TPSA) is 25.8 Å². The van der Waals surface area contributed by atoms with Crippen molar-refractivity contribution in [3.63, 3.8) is 0 Å². The first-order chi connectivity index (χ1) is 7.58. The average Bonchev–Trinajstić information content (AvgIpc) is 2.20. The third-order valence-corrected chi connectivity index (χ3v) is 2.51. The Hall–Kier alpha value is -1.48. The van der Waals surface area contributed by atoms with Gasteiger partial charge in [0.25, 0.3) is 0 Å². The summed E-state index contributed by atoms with van der Waals surface area (Å²) in [6.45, 7) is 3.91. The quantitative estimate of drug-likeness (QED) is 0.708. The van der Waals surface area contributed by atoms with Gasteiger partial charge < -0.3 is 0 Å². The minimum absolute atomic E-state index is 0.149. The Labute approximate surface area is 98.1 Å². The smallest absolute Gasteiger partial charge is 0.186 e. The number of halogens is 2. The number of nitrogens with zero attached hydrogens (tertiary/aromatic N) is 2. The van der Waals surface area contributed by atoms with Gasteiger partial charge in [0.15, 0.2) is 11.0 Å². The molecule has 2 rings (SSSR count). The van der Waals surface area contributed by atoms with Gasteiger partial charge in [-0.05, 0) is 26.0 Å². The Morgan fingerprint density at radius 2 is 1.69 bits per heavy atom. The predicted octanol–water partition coefficient (Wildman–Crippen LogP) is 3.55. The summed E-state index contributed by atoms with van der Waals surface area (Å²) in [5.41, 5.74) is 3.08. The van der Waals surface area contributed by atoms with Crippen LogP contribution in [-0.2, 0) is 0 Å². The second kappa shape index (κ2) is 4.18. The molecule has 0 atom stereocenters. The monoisotopic (exact) mass is 236 g/mol. The van der Waals surface area contributed by atoms with Crippen molar-refractivity contribution in [3.05, 3.63) is 46.6 Å². The zero-order valence-corrected chi connectivity index (χ0v) is 9.72. The van der Waals surface area contributed by atoms with E-state index in [-0.39, 0.29) is 10.8 Å². The van der Waals surface area contributed by atoms with E-state index in [0.29, 0.717) is 0 Å². The van der Waals surface area contributed by atoms with Crippen LogP contribution in [0.15, 0.2) is 24.5 Å². The molecule has 1 aromatic heterocycles. The van der Waals surface area contributed by atoms with Crippen LogP contribution in [0.1, 0.15) is 11.1 Å². The highest BCUT2D eigenvalue weighted by atomic mass is 35.5. The molecule has 0 aliphatic heterocycles. The van der Waals surface area contributed by atoms with Crippen molar-refractivity contribution in [2.24, 2.45) is 0 Å². The molecule has 0 N–H and O–H groups in total. The van der Waals surface area contributed by atoms with Crippen LogP contribution in [0, 0.1) is 19.7 Å². The lowest BCUT2D eigenvalue weighted by Gasteiger charge is -2.05. The normalized spacial score (nSPS) is 10.5. The Morgan fingerprint density at radius 3 is 2.31 bits per heavy atom. The number of hydrogen-bond acceptors (Lipinski definition) is 2. The summed E-state index contributed by atoms with van der Waals surface area (Å²) in [4.78, 5) is 7.51. The lowest BCUT2D eigenvalue weighted by atomic mass is 10.0. The molecule has 0 amide bonds. The van der Waals surface area contributed by atoms with E-state index in [0.717, 1.165) is 16.7 Å². The summed E-state index contributed by atoms with van der Waals surface area (Å²) in [6.07, 6.45) is 1.26. The molecule has 16 heavy (non-hydrogen) atoms. The van der Waals surface area contributed by atoms with E-state index in [1.807, 2.05) is 32.0 Å².